The lowest BCUT2D eigenvalue weighted by molar-refractivity contribution is 0.223. The first-order chi connectivity index (χ1) is 6.34. The van der Waals surface area contributed by atoms with Crippen LogP contribution in [0.1, 0.15) is 6.42 Å². The zero-order chi connectivity index (χ0) is 9.10. The van der Waals surface area contributed by atoms with E-state index in [9.17, 15) is 0 Å². The molecule has 1 fully saturated rings. The van der Waals surface area contributed by atoms with Gasteiger partial charge in [-0.05, 0) is 53.8 Å². The van der Waals surface area contributed by atoms with Crippen LogP contribution in [-0.2, 0) is 0 Å². The van der Waals surface area contributed by atoms with Crippen LogP contribution in [0.2, 0.25) is 0 Å². The third kappa shape index (κ3) is 2.57. The molecule has 1 N–H and O–H groups in total. The van der Waals surface area contributed by atoms with Gasteiger partial charge in [0, 0.05) is 10.1 Å². The summed E-state index contributed by atoms with van der Waals surface area (Å²) in [7, 11) is 0. The number of nitrogens with one attached hydrogen (secondary N) is 1. The summed E-state index contributed by atoms with van der Waals surface area (Å²) < 4.78 is 7.01. The van der Waals surface area contributed by atoms with Crippen LogP contribution in [0, 0.1) is 3.57 Å². The van der Waals surface area contributed by atoms with E-state index in [4.69, 9.17) is 4.74 Å². The largest absolute Gasteiger partial charge is 0.489 e. The molecule has 0 bridgehead atoms. The highest BCUT2D eigenvalue weighted by atomic mass is 127. The van der Waals surface area contributed by atoms with Crippen LogP contribution in [0.4, 0.5) is 0 Å². The van der Waals surface area contributed by atoms with Crippen LogP contribution in [0.3, 0.4) is 0 Å². The lowest BCUT2D eigenvalue weighted by Gasteiger charge is -2.12. The minimum atomic E-state index is 0.359. The summed E-state index contributed by atoms with van der Waals surface area (Å²) >= 11 is 2.30. The standard InChI is InChI=1S/C10H12INO/c11-8-2-1-3-9(6-8)13-10-4-5-12-7-10/h1-3,6,10,12H,4-5,7H2. The molecule has 0 spiro atoms. The maximum Gasteiger partial charge on any atom is 0.120 e. The fourth-order valence-electron chi connectivity index (χ4n) is 1.46. The Balaban J connectivity index is 2.00. The topological polar surface area (TPSA) is 21.3 Å². The molecular weight excluding hydrogens is 277 g/mol. The predicted octanol–water partition coefficient (Wildman–Crippen LogP) is 2.03. The average molecular weight is 289 g/mol. The molecule has 0 radical (unpaired) electrons. The van der Waals surface area contributed by atoms with Crippen molar-refractivity contribution in [3.05, 3.63) is 27.8 Å². The quantitative estimate of drug-likeness (QED) is 0.841. The third-order valence-electron chi connectivity index (χ3n) is 2.11. The van der Waals surface area contributed by atoms with Crippen molar-refractivity contribution in [2.45, 2.75) is 12.5 Å². The number of rotatable bonds is 2. The first kappa shape index (κ1) is 9.27. The van der Waals surface area contributed by atoms with E-state index >= 15 is 0 Å². The van der Waals surface area contributed by atoms with Gasteiger partial charge in [0.15, 0.2) is 0 Å². The van der Waals surface area contributed by atoms with Gasteiger partial charge in [0.05, 0.1) is 0 Å². The summed E-state index contributed by atoms with van der Waals surface area (Å²) in [5.74, 6) is 0.987. The Bertz CT molecular complexity index is 284. The molecule has 2 nitrogen and oxygen atoms in total. The van der Waals surface area contributed by atoms with Crippen LogP contribution in [0.25, 0.3) is 0 Å². The molecule has 1 aromatic rings. The summed E-state index contributed by atoms with van der Waals surface area (Å²) in [6, 6.07) is 8.18. The fourth-order valence-corrected chi connectivity index (χ4v) is 1.98. The minimum absolute atomic E-state index is 0.359. The highest BCUT2D eigenvalue weighted by Gasteiger charge is 2.15. The van der Waals surface area contributed by atoms with Gasteiger partial charge in [-0.25, -0.2) is 0 Å². The van der Waals surface area contributed by atoms with E-state index in [-0.39, 0.29) is 0 Å². The van der Waals surface area contributed by atoms with Crippen molar-refractivity contribution in [1.29, 1.82) is 0 Å². The second-order valence-electron chi connectivity index (χ2n) is 3.19. The monoisotopic (exact) mass is 289 g/mol. The van der Waals surface area contributed by atoms with E-state index in [1.54, 1.807) is 0 Å². The molecule has 2 rings (SSSR count). The van der Waals surface area contributed by atoms with Crippen molar-refractivity contribution in [2.75, 3.05) is 13.1 Å². The van der Waals surface area contributed by atoms with Gasteiger partial charge in [-0.2, -0.15) is 0 Å². The van der Waals surface area contributed by atoms with Gasteiger partial charge in [0.1, 0.15) is 11.9 Å². The zero-order valence-corrected chi connectivity index (χ0v) is 9.45. The lowest BCUT2D eigenvalue weighted by Crippen LogP contribution is -2.19. The van der Waals surface area contributed by atoms with Gasteiger partial charge in [-0.15, -0.1) is 0 Å². The highest BCUT2D eigenvalue weighted by Crippen LogP contribution is 2.17. The van der Waals surface area contributed by atoms with E-state index in [0.717, 1.165) is 25.3 Å². The van der Waals surface area contributed by atoms with Crippen molar-refractivity contribution in [1.82, 2.24) is 5.32 Å². The van der Waals surface area contributed by atoms with E-state index < -0.39 is 0 Å². The molecule has 0 aliphatic carbocycles. The van der Waals surface area contributed by atoms with Crippen molar-refractivity contribution in [2.24, 2.45) is 0 Å². The molecule has 1 saturated heterocycles. The van der Waals surface area contributed by atoms with Crippen LogP contribution in [-0.4, -0.2) is 19.2 Å². The zero-order valence-electron chi connectivity index (χ0n) is 7.29. The number of hydrogen-bond acceptors (Lipinski definition) is 2. The maximum absolute atomic E-state index is 5.79. The van der Waals surface area contributed by atoms with E-state index in [2.05, 4.69) is 40.0 Å². The maximum atomic E-state index is 5.79. The molecule has 70 valence electrons. The van der Waals surface area contributed by atoms with Crippen LogP contribution in [0.15, 0.2) is 24.3 Å². The molecule has 0 saturated carbocycles. The first-order valence-corrected chi connectivity index (χ1v) is 5.55. The van der Waals surface area contributed by atoms with Gasteiger partial charge in [0.25, 0.3) is 0 Å². The van der Waals surface area contributed by atoms with E-state index in [1.807, 2.05) is 12.1 Å². The van der Waals surface area contributed by atoms with Gasteiger partial charge < -0.3 is 10.1 Å². The lowest BCUT2D eigenvalue weighted by atomic mass is 10.3. The Morgan fingerprint density at radius 2 is 2.38 bits per heavy atom. The molecule has 1 unspecified atom stereocenters. The Kier molecular flexibility index (Phi) is 3.05. The minimum Gasteiger partial charge on any atom is -0.489 e. The summed E-state index contributed by atoms with van der Waals surface area (Å²) in [6.07, 6.45) is 1.48. The fraction of sp³-hybridized carbons (Fsp3) is 0.400. The number of hydrogen-bond donors (Lipinski definition) is 1. The molecule has 3 heteroatoms. The Morgan fingerprint density at radius 3 is 3.08 bits per heavy atom. The molecule has 0 amide bonds. The number of ether oxygens (including phenoxy) is 1. The van der Waals surface area contributed by atoms with Crippen molar-refractivity contribution in [3.63, 3.8) is 0 Å². The second kappa shape index (κ2) is 4.28. The second-order valence-corrected chi connectivity index (χ2v) is 4.44. The van der Waals surface area contributed by atoms with Crippen LogP contribution in [0.5, 0.6) is 5.75 Å². The van der Waals surface area contributed by atoms with Gasteiger partial charge in [0.2, 0.25) is 0 Å². The number of benzene rings is 1. The Morgan fingerprint density at radius 1 is 1.46 bits per heavy atom. The molecule has 1 aliphatic heterocycles. The molecule has 0 aromatic heterocycles. The highest BCUT2D eigenvalue weighted by molar-refractivity contribution is 14.1. The summed E-state index contributed by atoms with van der Waals surface area (Å²) in [5, 5.41) is 3.28. The summed E-state index contributed by atoms with van der Waals surface area (Å²) in [5.41, 5.74) is 0. The summed E-state index contributed by atoms with van der Waals surface area (Å²) in [4.78, 5) is 0. The molecular formula is C10H12INO. The normalized spacial score (nSPS) is 21.8. The molecule has 13 heavy (non-hydrogen) atoms. The molecule has 1 heterocycles. The van der Waals surface area contributed by atoms with E-state index in [0.29, 0.717) is 6.10 Å². The van der Waals surface area contributed by atoms with Crippen molar-refractivity contribution in [3.8, 4) is 5.75 Å². The average Bonchev–Trinajstić information content (AvgIpc) is 2.57. The Hall–Kier alpha value is -0.290. The Labute approximate surface area is 91.8 Å². The molecule has 1 aliphatic rings. The van der Waals surface area contributed by atoms with Crippen molar-refractivity contribution < 1.29 is 4.74 Å². The van der Waals surface area contributed by atoms with E-state index in [1.165, 1.54) is 3.57 Å². The third-order valence-corrected chi connectivity index (χ3v) is 2.78. The smallest absolute Gasteiger partial charge is 0.120 e. The predicted molar refractivity (Wildman–Crippen MR) is 61.1 cm³/mol. The molecule has 1 aromatic carbocycles. The summed E-state index contributed by atoms with van der Waals surface area (Å²) in [6.45, 7) is 2.06. The van der Waals surface area contributed by atoms with Crippen LogP contribution < -0.4 is 10.1 Å². The van der Waals surface area contributed by atoms with Crippen molar-refractivity contribution >= 4 is 22.6 Å². The number of halogens is 1. The SMILES string of the molecule is Ic1cccc(OC2CCNC2)c1. The van der Waals surface area contributed by atoms with Gasteiger partial charge >= 0.3 is 0 Å². The first-order valence-electron chi connectivity index (χ1n) is 4.47. The molecule has 1 atom stereocenters. The van der Waals surface area contributed by atoms with Crippen LogP contribution >= 0.6 is 22.6 Å². The van der Waals surface area contributed by atoms with Gasteiger partial charge in [-0.3, -0.25) is 0 Å². The van der Waals surface area contributed by atoms with Gasteiger partial charge in [-0.1, -0.05) is 6.07 Å².